The van der Waals surface area contributed by atoms with Gasteiger partial charge in [-0.3, -0.25) is 0 Å². The van der Waals surface area contributed by atoms with Gasteiger partial charge in [-0.2, -0.15) is 0 Å². The van der Waals surface area contributed by atoms with Gasteiger partial charge in [-0.25, -0.2) is 9.97 Å². The zero-order chi connectivity index (χ0) is 13.4. The molecule has 1 aliphatic heterocycles. The number of nitrogens with zero attached hydrogens (tertiary/aromatic N) is 3. The van der Waals surface area contributed by atoms with Gasteiger partial charge >= 0.3 is 0 Å². The summed E-state index contributed by atoms with van der Waals surface area (Å²) in [4.78, 5) is 11.5. The number of hydrogen-bond acceptors (Lipinski definition) is 4. The van der Waals surface area contributed by atoms with Gasteiger partial charge < -0.3 is 10.6 Å². The monoisotopic (exact) mass is 260 g/mol. The van der Waals surface area contributed by atoms with Crippen LogP contribution in [0.5, 0.6) is 0 Å². The molecule has 0 bridgehead atoms. The highest BCUT2D eigenvalue weighted by atomic mass is 15.2. The summed E-state index contributed by atoms with van der Waals surface area (Å²) in [7, 11) is 0. The van der Waals surface area contributed by atoms with Crippen LogP contribution in [0, 0.1) is 11.8 Å². The topological polar surface area (TPSA) is 55.0 Å². The maximum Gasteiger partial charge on any atom is 0.136 e. The fraction of sp³-hybridized carbons (Fsp3) is 0.733. The van der Waals surface area contributed by atoms with Gasteiger partial charge in [-0.05, 0) is 37.5 Å². The van der Waals surface area contributed by atoms with E-state index in [2.05, 4.69) is 23.7 Å². The first kappa shape index (κ1) is 12.7. The van der Waals surface area contributed by atoms with Crippen LogP contribution >= 0.6 is 0 Å². The molecular formula is C15H24N4. The Kier molecular flexibility index (Phi) is 3.33. The Balaban J connectivity index is 1.72. The largest absolute Gasteiger partial charge is 0.384 e. The Morgan fingerprint density at radius 2 is 1.84 bits per heavy atom. The van der Waals surface area contributed by atoms with E-state index in [1.807, 2.05) is 6.07 Å². The summed E-state index contributed by atoms with van der Waals surface area (Å²) >= 11 is 0. The third-order valence-electron chi connectivity index (χ3n) is 4.50. The molecule has 1 saturated carbocycles. The number of hydrogen-bond donors (Lipinski definition) is 1. The minimum atomic E-state index is 0.565. The standard InChI is InChI=1S/C15H24N4/c1-10(2)11-5-7-19(8-6-11)14-9-13(16)17-15(18-14)12-3-4-12/h9-12H,3-8H2,1-2H3,(H2,16,17,18). The van der Waals surface area contributed by atoms with Crippen LogP contribution < -0.4 is 10.6 Å². The molecule has 4 nitrogen and oxygen atoms in total. The van der Waals surface area contributed by atoms with Gasteiger partial charge in [0.15, 0.2) is 0 Å². The zero-order valence-electron chi connectivity index (χ0n) is 12.0. The van der Waals surface area contributed by atoms with E-state index in [-0.39, 0.29) is 0 Å². The average Bonchev–Trinajstić information content (AvgIpc) is 3.22. The summed E-state index contributed by atoms with van der Waals surface area (Å²) in [6.45, 7) is 6.86. The Labute approximate surface area is 115 Å². The molecule has 2 N–H and O–H groups in total. The summed E-state index contributed by atoms with van der Waals surface area (Å²) in [5.41, 5.74) is 5.93. The van der Waals surface area contributed by atoms with Crippen molar-refractivity contribution in [3.05, 3.63) is 11.9 Å². The number of rotatable bonds is 3. The quantitative estimate of drug-likeness (QED) is 0.908. The number of anilines is 2. The summed E-state index contributed by atoms with van der Waals surface area (Å²) < 4.78 is 0. The minimum absolute atomic E-state index is 0.565. The molecule has 2 aliphatic rings. The Hall–Kier alpha value is -1.32. The lowest BCUT2D eigenvalue weighted by Gasteiger charge is -2.34. The SMILES string of the molecule is CC(C)C1CCN(c2cc(N)nc(C3CC3)n2)CC1. The molecule has 1 aliphatic carbocycles. The van der Waals surface area contributed by atoms with E-state index < -0.39 is 0 Å². The molecule has 0 aromatic carbocycles. The van der Waals surface area contributed by atoms with Crippen LogP contribution in [0.3, 0.4) is 0 Å². The van der Waals surface area contributed by atoms with Gasteiger partial charge in [-0.15, -0.1) is 0 Å². The summed E-state index contributed by atoms with van der Waals surface area (Å²) in [5, 5.41) is 0. The number of aromatic nitrogens is 2. The molecule has 1 saturated heterocycles. The second-order valence-electron chi connectivity index (χ2n) is 6.35. The molecule has 0 atom stereocenters. The molecule has 0 spiro atoms. The fourth-order valence-corrected chi connectivity index (χ4v) is 2.95. The Morgan fingerprint density at radius 3 is 2.42 bits per heavy atom. The molecule has 1 aromatic heterocycles. The van der Waals surface area contributed by atoms with Gasteiger partial charge in [0, 0.05) is 25.1 Å². The molecule has 0 amide bonds. The van der Waals surface area contributed by atoms with Crippen LogP contribution in [0.2, 0.25) is 0 Å². The van der Waals surface area contributed by atoms with Crippen molar-refractivity contribution in [2.75, 3.05) is 23.7 Å². The van der Waals surface area contributed by atoms with Gasteiger partial charge in [-0.1, -0.05) is 13.8 Å². The first-order valence-electron chi connectivity index (χ1n) is 7.53. The molecule has 4 heteroatoms. The third-order valence-corrected chi connectivity index (χ3v) is 4.50. The van der Waals surface area contributed by atoms with Gasteiger partial charge in [0.1, 0.15) is 17.5 Å². The second kappa shape index (κ2) is 4.99. The maximum absolute atomic E-state index is 5.93. The highest BCUT2D eigenvalue weighted by molar-refractivity contribution is 5.48. The smallest absolute Gasteiger partial charge is 0.136 e. The molecule has 104 valence electrons. The van der Waals surface area contributed by atoms with Crippen molar-refractivity contribution in [3.8, 4) is 0 Å². The van der Waals surface area contributed by atoms with Gasteiger partial charge in [0.25, 0.3) is 0 Å². The Morgan fingerprint density at radius 1 is 1.16 bits per heavy atom. The molecule has 0 unspecified atom stereocenters. The average molecular weight is 260 g/mol. The first-order valence-corrected chi connectivity index (χ1v) is 7.53. The van der Waals surface area contributed by atoms with Gasteiger partial charge in [0.05, 0.1) is 0 Å². The van der Waals surface area contributed by atoms with E-state index in [9.17, 15) is 0 Å². The molecule has 1 aromatic rings. The lowest BCUT2D eigenvalue weighted by Crippen LogP contribution is -2.36. The van der Waals surface area contributed by atoms with Crippen molar-refractivity contribution >= 4 is 11.6 Å². The van der Waals surface area contributed by atoms with E-state index in [1.54, 1.807) is 0 Å². The lowest BCUT2D eigenvalue weighted by molar-refractivity contribution is 0.310. The summed E-state index contributed by atoms with van der Waals surface area (Å²) in [6, 6.07) is 1.93. The molecule has 2 fully saturated rings. The number of nitrogens with two attached hydrogens (primary N) is 1. The first-order chi connectivity index (χ1) is 9.13. The van der Waals surface area contributed by atoms with Crippen molar-refractivity contribution in [3.63, 3.8) is 0 Å². The van der Waals surface area contributed by atoms with Crippen molar-refractivity contribution in [1.29, 1.82) is 0 Å². The van der Waals surface area contributed by atoms with E-state index in [0.717, 1.165) is 36.6 Å². The second-order valence-corrected chi connectivity index (χ2v) is 6.35. The van der Waals surface area contributed by atoms with Crippen LogP contribution in [-0.4, -0.2) is 23.1 Å². The van der Waals surface area contributed by atoms with Crippen molar-refractivity contribution in [2.45, 2.75) is 45.4 Å². The highest BCUT2D eigenvalue weighted by Crippen LogP contribution is 2.39. The Bertz CT molecular complexity index is 445. The van der Waals surface area contributed by atoms with Crippen LogP contribution in [0.1, 0.15) is 51.3 Å². The maximum atomic E-state index is 5.93. The minimum Gasteiger partial charge on any atom is -0.384 e. The van der Waals surface area contributed by atoms with Crippen LogP contribution in [0.4, 0.5) is 11.6 Å². The van der Waals surface area contributed by atoms with E-state index in [1.165, 1.54) is 25.7 Å². The van der Waals surface area contributed by atoms with Crippen molar-refractivity contribution in [1.82, 2.24) is 9.97 Å². The number of piperidine rings is 1. The van der Waals surface area contributed by atoms with Crippen molar-refractivity contribution < 1.29 is 0 Å². The van der Waals surface area contributed by atoms with Gasteiger partial charge in [0.2, 0.25) is 0 Å². The lowest BCUT2D eigenvalue weighted by atomic mass is 9.87. The predicted molar refractivity (Wildman–Crippen MR) is 78.2 cm³/mol. The number of nitrogen functional groups attached to an aromatic ring is 1. The molecular weight excluding hydrogens is 236 g/mol. The predicted octanol–water partition coefficient (Wildman–Crippen LogP) is 2.81. The highest BCUT2D eigenvalue weighted by Gasteiger charge is 2.28. The summed E-state index contributed by atoms with van der Waals surface area (Å²) in [5.74, 6) is 4.84. The van der Waals surface area contributed by atoms with Crippen LogP contribution in [0.15, 0.2) is 6.07 Å². The van der Waals surface area contributed by atoms with E-state index in [0.29, 0.717) is 11.7 Å². The third kappa shape index (κ3) is 2.82. The fourth-order valence-electron chi connectivity index (χ4n) is 2.95. The zero-order valence-corrected chi connectivity index (χ0v) is 12.0. The van der Waals surface area contributed by atoms with Crippen LogP contribution in [0.25, 0.3) is 0 Å². The summed E-state index contributed by atoms with van der Waals surface area (Å²) in [6.07, 6.45) is 4.97. The molecule has 3 rings (SSSR count). The molecule has 0 radical (unpaired) electrons. The van der Waals surface area contributed by atoms with Crippen LogP contribution in [-0.2, 0) is 0 Å². The molecule has 2 heterocycles. The van der Waals surface area contributed by atoms with E-state index in [4.69, 9.17) is 10.7 Å². The van der Waals surface area contributed by atoms with Crippen molar-refractivity contribution in [2.24, 2.45) is 11.8 Å². The molecule has 19 heavy (non-hydrogen) atoms. The van der Waals surface area contributed by atoms with E-state index >= 15 is 0 Å². The normalized spacial score (nSPS) is 21.1.